The molecule has 0 saturated heterocycles. The highest BCUT2D eigenvalue weighted by atomic mass is 79.9. The fourth-order valence-corrected chi connectivity index (χ4v) is 2.86. The fraction of sp³-hybridized carbons (Fsp3) is 0.944. The second-order valence-corrected chi connectivity index (χ2v) is 6.75. The van der Waals surface area contributed by atoms with Gasteiger partial charge in [0.05, 0.1) is 0 Å². The Morgan fingerprint density at radius 1 is 0.857 bits per heavy atom. The van der Waals surface area contributed by atoms with Crippen LogP contribution in [-0.4, -0.2) is 17.4 Å². The van der Waals surface area contributed by atoms with Crippen molar-refractivity contribution in [3.05, 3.63) is 0 Å². The van der Waals surface area contributed by atoms with Crippen LogP contribution in [0, 0.1) is 0 Å². The first-order valence-corrected chi connectivity index (χ1v) is 10.1. The fourth-order valence-electron chi connectivity index (χ4n) is 2.47. The molecule has 0 saturated carbocycles. The lowest BCUT2D eigenvalue weighted by Crippen LogP contribution is -2.18. The minimum absolute atomic E-state index is 0.00642. The summed E-state index contributed by atoms with van der Waals surface area (Å²) in [7, 11) is 0. The first-order chi connectivity index (χ1) is 10.2. The van der Waals surface area contributed by atoms with E-state index in [0.717, 1.165) is 31.0 Å². The average Bonchev–Trinajstić information content (AvgIpc) is 2.48. The van der Waals surface area contributed by atoms with Gasteiger partial charge in [-0.05, 0) is 38.5 Å². The number of rotatable bonds is 15. The van der Waals surface area contributed by atoms with Gasteiger partial charge in [0.2, 0.25) is 0 Å². The minimum atomic E-state index is 0.00642. The predicted octanol–water partition coefficient (Wildman–Crippen LogP) is 6.40. The average molecular weight is 363 g/mol. The maximum absolute atomic E-state index is 11.9. The third-order valence-corrected chi connectivity index (χ3v) is 4.38. The van der Waals surface area contributed by atoms with Gasteiger partial charge in [-0.2, -0.15) is 0 Å². The van der Waals surface area contributed by atoms with Gasteiger partial charge in [-0.1, -0.05) is 68.3 Å². The summed E-state index contributed by atoms with van der Waals surface area (Å²) in [4.78, 5) is 11.9. The molecule has 0 aliphatic heterocycles. The molecule has 0 radical (unpaired) electrons. The van der Waals surface area contributed by atoms with Crippen LogP contribution in [0.4, 0.5) is 0 Å². The Hall–Kier alpha value is -0.0500. The highest BCUT2D eigenvalue weighted by molar-refractivity contribution is 9.09. The monoisotopic (exact) mass is 362 g/mol. The summed E-state index contributed by atoms with van der Waals surface area (Å²) >= 11 is 3.40. The molecule has 0 aliphatic rings. The van der Waals surface area contributed by atoms with E-state index in [0.29, 0.717) is 6.42 Å². The summed E-state index contributed by atoms with van der Waals surface area (Å²) in [6, 6.07) is 0. The Labute approximate surface area is 140 Å². The molecular formula is C18H35BrO2. The lowest BCUT2D eigenvalue weighted by molar-refractivity contribution is -0.150. The number of carbonyl (C=O) groups is 1. The Kier molecular flexibility index (Phi) is 16.3. The van der Waals surface area contributed by atoms with Crippen LogP contribution in [0.5, 0.6) is 0 Å². The number of unbranched alkanes of at least 4 members (excludes halogenated alkanes) is 7. The molecule has 0 spiro atoms. The van der Waals surface area contributed by atoms with E-state index in [4.69, 9.17) is 4.74 Å². The number of halogens is 1. The standard InChI is InChI=1S/C18H35BrO2/c1-3-5-7-9-13-17(14-10-8-6-4-2)21-18(20)15-11-12-16-19/h17H,3-16H2,1-2H3. The molecule has 0 bridgehead atoms. The van der Waals surface area contributed by atoms with Crippen LogP contribution in [0.15, 0.2) is 0 Å². The largest absolute Gasteiger partial charge is 0.462 e. The smallest absolute Gasteiger partial charge is 0.306 e. The molecule has 3 heteroatoms. The molecule has 0 aromatic heterocycles. The predicted molar refractivity (Wildman–Crippen MR) is 95.0 cm³/mol. The van der Waals surface area contributed by atoms with Gasteiger partial charge in [-0.15, -0.1) is 0 Å². The third-order valence-electron chi connectivity index (χ3n) is 3.82. The van der Waals surface area contributed by atoms with Crippen LogP contribution in [0.2, 0.25) is 0 Å². The van der Waals surface area contributed by atoms with Gasteiger partial charge in [-0.3, -0.25) is 4.79 Å². The number of ether oxygens (including phenoxy) is 1. The molecule has 21 heavy (non-hydrogen) atoms. The van der Waals surface area contributed by atoms with Crippen LogP contribution >= 0.6 is 15.9 Å². The summed E-state index contributed by atoms with van der Waals surface area (Å²) in [5, 5.41) is 0.970. The molecule has 2 nitrogen and oxygen atoms in total. The van der Waals surface area contributed by atoms with E-state index in [9.17, 15) is 4.79 Å². The highest BCUT2D eigenvalue weighted by Crippen LogP contribution is 2.16. The van der Waals surface area contributed by atoms with Crippen molar-refractivity contribution in [2.24, 2.45) is 0 Å². The molecule has 0 aromatic carbocycles. The van der Waals surface area contributed by atoms with Crippen LogP contribution in [0.1, 0.15) is 97.3 Å². The Morgan fingerprint density at radius 2 is 1.43 bits per heavy atom. The maximum atomic E-state index is 11.9. The third kappa shape index (κ3) is 14.6. The zero-order valence-corrected chi connectivity index (χ0v) is 15.8. The highest BCUT2D eigenvalue weighted by Gasteiger charge is 2.13. The zero-order chi connectivity index (χ0) is 15.8. The summed E-state index contributed by atoms with van der Waals surface area (Å²) < 4.78 is 5.70. The second-order valence-electron chi connectivity index (χ2n) is 5.96. The Morgan fingerprint density at radius 3 is 1.90 bits per heavy atom. The maximum Gasteiger partial charge on any atom is 0.306 e. The van der Waals surface area contributed by atoms with Gasteiger partial charge in [0.25, 0.3) is 0 Å². The molecule has 0 fully saturated rings. The van der Waals surface area contributed by atoms with E-state index in [1.54, 1.807) is 0 Å². The van der Waals surface area contributed by atoms with Gasteiger partial charge in [-0.25, -0.2) is 0 Å². The van der Waals surface area contributed by atoms with Crippen molar-refractivity contribution < 1.29 is 9.53 Å². The van der Waals surface area contributed by atoms with E-state index in [1.807, 2.05) is 0 Å². The lowest BCUT2D eigenvalue weighted by Gasteiger charge is -2.18. The molecule has 0 atom stereocenters. The van der Waals surface area contributed by atoms with Gasteiger partial charge in [0.1, 0.15) is 6.10 Å². The first-order valence-electron chi connectivity index (χ1n) is 9.00. The van der Waals surface area contributed by atoms with Crippen molar-refractivity contribution in [2.45, 2.75) is 103 Å². The van der Waals surface area contributed by atoms with E-state index in [2.05, 4.69) is 29.8 Å². The van der Waals surface area contributed by atoms with Crippen molar-refractivity contribution in [3.63, 3.8) is 0 Å². The summed E-state index contributed by atoms with van der Waals surface area (Å²) in [6.45, 7) is 4.46. The molecular weight excluding hydrogens is 328 g/mol. The topological polar surface area (TPSA) is 26.3 Å². The van der Waals surface area contributed by atoms with E-state index < -0.39 is 0 Å². The summed E-state index contributed by atoms with van der Waals surface area (Å²) in [5.41, 5.74) is 0. The second kappa shape index (κ2) is 16.3. The molecule has 0 aromatic rings. The molecule has 0 N–H and O–H groups in total. The first kappa shape index (κ1) is 20.9. The molecule has 126 valence electrons. The Balaban J connectivity index is 3.94. The number of hydrogen-bond donors (Lipinski definition) is 0. The van der Waals surface area contributed by atoms with Crippen LogP contribution < -0.4 is 0 Å². The van der Waals surface area contributed by atoms with E-state index in [-0.39, 0.29) is 12.1 Å². The van der Waals surface area contributed by atoms with E-state index >= 15 is 0 Å². The quantitative estimate of drug-likeness (QED) is 0.191. The number of hydrogen-bond acceptors (Lipinski definition) is 2. The lowest BCUT2D eigenvalue weighted by atomic mass is 10.0. The molecule has 0 heterocycles. The van der Waals surface area contributed by atoms with Gasteiger partial charge in [0.15, 0.2) is 0 Å². The minimum Gasteiger partial charge on any atom is -0.462 e. The SMILES string of the molecule is CCCCCCC(CCCCCC)OC(=O)CCCCBr. The number of esters is 1. The summed E-state index contributed by atoms with van der Waals surface area (Å²) in [5.74, 6) is 0.00642. The number of alkyl halides is 1. The van der Waals surface area contributed by atoms with Crippen LogP contribution in [-0.2, 0) is 9.53 Å². The Bertz CT molecular complexity index is 219. The molecule has 0 rings (SSSR count). The van der Waals surface area contributed by atoms with Gasteiger partial charge in [0, 0.05) is 11.8 Å². The van der Waals surface area contributed by atoms with Gasteiger partial charge >= 0.3 is 5.97 Å². The van der Waals surface area contributed by atoms with E-state index in [1.165, 1.54) is 51.4 Å². The zero-order valence-electron chi connectivity index (χ0n) is 14.2. The molecule has 0 aliphatic carbocycles. The van der Waals surface area contributed by atoms with Gasteiger partial charge < -0.3 is 4.74 Å². The van der Waals surface area contributed by atoms with Crippen molar-refractivity contribution in [2.75, 3.05) is 5.33 Å². The normalized spacial score (nSPS) is 11.0. The van der Waals surface area contributed by atoms with Crippen LogP contribution in [0.25, 0.3) is 0 Å². The molecule has 0 unspecified atom stereocenters. The van der Waals surface area contributed by atoms with Crippen molar-refractivity contribution in [1.82, 2.24) is 0 Å². The summed E-state index contributed by atoms with van der Waals surface area (Å²) in [6.07, 6.45) is 14.8. The van der Waals surface area contributed by atoms with Crippen LogP contribution in [0.3, 0.4) is 0 Å². The van der Waals surface area contributed by atoms with Crippen molar-refractivity contribution in [1.29, 1.82) is 0 Å². The number of carbonyl (C=O) groups excluding carboxylic acids is 1. The molecule has 0 amide bonds. The van der Waals surface area contributed by atoms with Crippen molar-refractivity contribution in [3.8, 4) is 0 Å². The van der Waals surface area contributed by atoms with Crippen molar-refractivity contribution >= 4 is 21.9 Å².